The Kier molecular flexibility index (Phi) is 49.8. The van der Waals surface area contributed by atoms with Gasteiger partial charge in [0.2, 0.25) is 0 Å². The van der Waals surface area contributed by atoms with Crippen LogP contribution >= 0.6 is 0 Å². The maximum atomic E-state index is 12.8. The van der Waals surface area contributed by atoms with E-state index in [1.807, 2.05) is 0 Å². The second kappa shape index (κ2) is 51.5. The largest absolute Gasteiger partial charge is 0.462 e. The minimum atomic E-state index is -0.771. The number of carbonyl (C=O) groups is 3. The summed E-state index contributed by atoms with van der Waals surface area (Å²) in [4.78, 5) is 38.0. The zero-order valence-corrected chi connectivity index (χ0v) is 41.7. The van der Waals surface area contributed by atoms with E-state index in [0.29, 0.717) is 19.3 Å². The van der Waals surface area contributed by atoms with Gasteiger partial charge < -0.3 is 14.2 Å². The van der Waals surface area contributed by atoms with Crippen molar-refractivity contribution < 1.29 is 28.6 Å². The molecule has 0 aromatic carbocycles. The van der Waals surface area contributed by atoms with Crippen molar-refractivity contribution in [3.05, 3.63) is 24.3 Å². The van der Waals surface area contributed by atoms with Crippen LogP contribution in [-0.4, -0.2) is 37.2 Å². The summed E-state index contributed by atoms with van der Waals surface area (Å²) in [6.07, 6.45) is 58.8. The summed E-state index contributed by atoms with van der Waals surface area (Å²) < 4.78 is 16.8. The molecule has 0 radical (unpaired) electrons. The lowest BCUT2D eigenvalue weighted by molar-refractivity contribution is -0.167. The van der Waals surface area contributed by atoms with Gasteiger partial charge in [-0.2, -0.15) is 0 Å². The maximum absolute atomic E-state index is 12.8. The van der Waals surface area contributed by atoms with Crippen molar-refractivity contribution in [1.29, 1.82) is 0 Å². The van der Waals surface area contributed by atoms with Crippen LogP contribution in [-0.2, 0) is 28.6 Å². The molecular formula is C56H104O6. The Morgan fingerprint density at radius 1 is 0.339 bits per heavy atom. The second-order valence-corrected chi connectivity index (χ2v) is 18.5. The summed E-state index contributed by atoms with van der Waals surface area (Å²) >= 11 is 0. The van der Waals surface area contributed by atoms with Crippen molar-refractivity contribution in [2.75, 3.05) is 13.2 Å². The highest BCUT2D eigenvalue weighted by atomic mass is 16.6. The maximum Gasteiger partial charge on any atom is 0.306 e. The van der Waals surface area contributed by atoms with Crippen LogP contribution in [0.1, 0.15) is 297 Å². The van der Waals surface area contributed by atoms with Gasteiger partial charge in [-0.05, 0) is 44.9 Å². The molecule has 0 spiro atoms. The molecular weight excluding hydrogens is 769 g/mol. The molecule has 0 aromatic rings. The second-order valence-electron chi connectivity index (χ2n) is 18.5. The third-order valence-electron chi connectivity index (χ3n) is 12.2. The van der Waals surface area contributed by atoms with E-state index in [0.717, 1.165) is 83.5 Å². The molecule has 1 unspecified atom stereocenters. The fourth-order valence-corrected chi connectivity index (χ4v) is 8.13. The Hall–Kier alpha value is -2.11. The van der Waals surface area contributed by atoms with Crippen LogP contribution in [0, 0.1) is 0 Å². The SMILES string of the molecule is CC/C=C\C/C=C\CCCCCCCC(=O)OCC(COC(=O)CCCCCCCCCCCCCCCCCC)OC(=O)CCCCCCCCCCCCCCCCCC. The number of hydrogen-bond acceptors (Lipinski definition) is 6. The molecule has 0 fully saturated rings. The van der Waals surface area contributed by atoms with Crippen LogP contribution < -0.4 is 0 Å². The zero-order valence-electron chi connectivity index (χ0n) is 41.7. The molecule has 6 heteroatoms. The number of hydrogen-bond donors (Lipinski definition) is 0. The van der Waals surface area contributed by atoms with E-state index in [-0.39, 0.29) is 31.1 Å². The van der Waals surface area contributed by atoms with Gasteiger partial charge in [0, 0.05) is 19.3 Å². The molecule has 1 atom stereocenters. The first kappa shape index (κ1) is 59.9. The first-order valence-electron chi connectivity index (χ1n) is 27.3. The van der Waals surface area contributed by atoms with Gasteiger partial charge in [-0.25, -0.2) is 0 Å². The van der Waals surface area contributed by atoms with Gasteiger partial charge in [0.25, 0.3) is 0 Å². The molecule has 0 aliphatic rings. The van der Waals surface area contributed by atoms with Crippen molar-refractivity contribution in [3.8, 4) is 0 Å². The van der Waals surface area contributed by atoms with Crippen LogP contribution in [0.4, 0.5) is 0 Å². The number of rotatable bonds is 50. The highest BCUT2D eigenvalue weighted by molar-refractivity contribution is 5.71. The fourth-order valence-electron chi connectivity index (χ4n) is 8.13. The summed E-state index contributed by atoms with van der Waals surface area (Å²) in [5, 5.41) is 0. The highest BCUT2D eigenvalue weighted by Crippen LogP contribution is 2.17. The van der Waals surface area contributed by atoms with E-state index in [1.54, 1.807) is 0 Å². The average Bonchev–Trinajstić information content (AvgIpc) is 3.27. The van der Waals surface area contributed by atoms with Crippen molar-refractivity contribution in [3.63, 3.8) is 0 Å². The molecule has 364 valence electrons. The van der Waals surface area contributed by atoms with Crippen LogP contribution in [0.15, 0.2) is 24.3 Å². The topological polar surface area (TPSA) is 78.9 Å². The lowest BCUT2D eigenvalue weighted by Crippen LogP contribution is -2.30. The molecule has 0 aliphatic carbocycles. The average molecular weight is 873 g/mol. The van der Waals surface area contributed by atoms with E-state index >= 15 is 0 Å². The van der Waals surface area contributed by atoms with Crippen LogP contribution in [0.2, 0.25) is 0 Å². The van der Waals surface area contributed by atoms with Crippen LogP contribution in [0.5, 0.6) is 0 Å². The van der Waals surface area contributed by atoms with Crippen molar-refractivity contribution in [2.45, 2.75) is 303 Å². The first-order valence-corrected chi connectivity index (χ1v) is 27.3. The minimum Gasteiger partial charge on any atom is -0.462 e. The normalized spacial score (nSPS) is 12.1. The number of ether oxygens (including phenoxy) is 3. The first-order chi connectivity index (χ1) is 30.5. The zero-order chi connectivity index (χ0) is 45.1. The Bertz CT molecular complexity index is 1000. The quantitative estimate of drug-likeness (QED) is 0.0262. The number of carbonyl (C=O) groups excluding carboxylic acids is 3. The molecule has 0 bridgehead atoms. The molecule has 0 amide bonds. The van der Waals surface area contributed by atoms with Crippen LogP contribution in [0.3, 0.4) is 0 Å². The summed E-state index contributed by atoms with van der Waals surface area (Å²) in [5.74, 6) is -0.867. The summed E-state index contributed by atoms with van der Waals surface area (Å²) in [5.41, 5.74) is 0. The van der Waals surface area contributed by atoms with E-state index in [4.69, 9.17) is 14.2 Å². The molecule has 0 rings (SSSR count). The molecule has 0 saturated carbocycles. The Morgan fingerprint density at radius 3 is 0.968 bits per heavy atom. The lowest BCUT2D eigenvalue weighted by atomic mass is 10.0. The lowest BCUT2D eigenvalue weighted by Gasteiger charge is -2.18. The highest BCUT2D eigenvalue weighted by Gasteiger charge is 2.19. The Labute approximate surface area is 385 Å². The van der Waals surface area contributed by atoms with Gasteiger partial charge in [0.15, 0.2) is 6.10 Å². The molecule has 0 aliphatic heterocycles. The van der Waals surface area contributed by atoms with Crippen molar-refractivity contribution in [2.24, 2.45) is 0 Å². The molecule has 6 nitrogen and oxygen atoms in total. The van der Waals surface area contributed by atoms with Gasteiger partial charge in [-0.15, -0.1) is 0 Å². The van der Waals surface area contributed by atoms with Gasteiger partial charge in [-0.3, -0.25) is 14.4 Å². The number of unbranched alkanes of at least 4 members (excludes halogenated alkanes) is 35. The Morgan fingerprint density at radius 2 is 0.629 bits per heavy atom. The minimum absolute atomic E-state index is 0.0704. The summed E-state index contributed by atoms with van der Waals surface area (Å²) in [6.45, 7) is 6.56. The predicted molar refractivity (Wildman–Crippen MR) is 266 cm³/mol. The third-order valence-corrected chi connectivity index (χ3v) is 12.2. The van der Waals surface area contributed by atoms with Gasteiger partial charge in [0.05, 0.1) is 0 Å². The van der Waals surface area contributed by atoms with E-state index in [2.05, 4.69) is 45.1 Å². The van der Waals surface area contributed by atoms with Gasteiger partial charge >= 0.3 is 17.9 Å². The molecule has 0 N–H and O–H groups in total. The standard InChI is InChI=1S/C56H104O6/c1-4-7-10-13-16-19-22-25-27-29-31-34-37-40-43-46-49-55(58)61-52-53(51-60-54(57)48-45-42-39-36-33-24-21-18-15-12-9-6-3)62-56(59)50-47-44-41-38-35-32-30-28-26-23-20-17-14-11-8-5-2/h9,12,18,21,53H,4-8,10-11,13-17,19-20,22-52H2,1-3H3/b12-9-,21-18-. The molecule has 0 saturated heterocycles. The van der Waals surface area contributed by atoms with Crippen molar-refractivity contribution >= 4 is 17.9 Å². The summed E-state index contributed by atoms with van der Waals surface area (Å²) in [7, 11) is 0. The van der Waals surface area contributed by atoms with Crippen LogP contribution in [0.25, 0.3) is 0 Å². The van der Waals surface area contributed by atoms with E-state index in [9.17, 15) is 14.4 Å². The van der Waals surface area contributed by atoms with Gasteiger partial charge in [-0.1, -0.05) is 257 Å². The summed E-state index contributed by atoms with van der Waals surface area (Å²) in [6, 6.07) is 0. The smallest absolute Gasteiger partial charge is 0.306 e. The number of allylic oxidation sites excluding steroid dienone is 4. The monoisotopic (exact) mass is 873 g/mol. The predicted octanol–water partition coefficient (Wildman–Crippen LogP) is 17.9. The molecule has 0 heterocycles. The van der Waals surface area contributed by atoms with Crippen molar-refractivity contribution in [1.82, 2.24) is 0 Å². The third kappa shape index (κ3) is 48.9. The Balaban J connectivity index is 4.32. The molecule has 62 heavy (non-hydrogen) atoms. The van der Waals surface area contributed by atoms with E-state index in [1.165, 1.54) is 173 Å². The van der Waals surface area contributed by atoms with Gasteiger partial charge in [0.1, 0.15) is 13.2 Å². The molecule has 0 aromatic heterocycles. The number of esters is 3. The fraction of sp³-hybridized carbons (Fsp3) is 0.875. The van der Waals surface area contributed by atoms with E-state index < -0.39 is 6.10 Å².